The molecule has 1 aromatic carbocycles. The molecule has 0 saturated heterocycles. The molecule has 1 aliphatic heterocycles. The Morgan fingerprint density at radius 3 is 2.84 bits per heavy atom. The lowest BCUT2D eigenvalue weighted by Crippen LogP contribution is -2.33. The molecule has 0 fully saturated rings. The number of para-hydroxylation sites is 1. The lowest BCUT2D eigenvalue weighted by atomic mass is 9.71. The van der Waals surface area contributed by atoms with Gasteiger partial charge in [-0.1, -0.05) is 24.3 Å². The Kier molecular flexibility index (Phi) is 2.52. The number of esters is 1. The van der Waals surface area contributed by atoms with Crippen molar-refractivity contribution in [2.45, 2.75) is 25.7 Å². The Bertz CT molecular complexity index is 625. The number of fused-ring (bicyclic) bond motifs is 3. The van der Waals surface area contributed by atoms with Crippen LogP contribution in [0.2, 0.25) is 0 Å². The van der Waals surface area contributed by atoms with E-state index < -0.39 is 5.41 Å². The smallest absolute Gasteiger partial charge is 0.334 e. The van der Waals surface area contributed by atoms with Crippen molar-refractivity contribution in [3.63, 3.8) is 0 Å². The number of hydrogen-bond acceptors (Lipinski definition) is 3. The summed E-state index contributed by atoms with van der Waals surface area (Å²) in [5.41, 5.74) is 2.33. The van der Waals surface area contributed by atoms with E-state index in [0.29, 0.717) is 5.57 Å². The van der Waals surface area contributed by atoms with E-state index in [1.54, 1.807) is 0 Å². The third-order valence-electron chi connectivity index (χ3n) is 4.04. The SMILES string of the molecule is COC(=O)C1=CCC(C)=C2Oc3ccccc3C12C. The van der Waals surface area contributed by atoms with Gasteiger partial charge in [0.15, 0.2) is 0 Å². The summed E-state index contributed by atoms with van der Waals surface area (Å²) < 4.78 is 10.9. The molecule has 0 saturated carbocycles. The zero-order chi connectivity index (χ0) is 13.6. The lowest BCUT2D eigenvalue weighted by molar-refractivity contribution is -0.136. The Morgan fingerprint density at radius 2 is 2.11 bits per heavy atom. The third-order valence-corrected chi connectivity index (χ3v) is 4.04. The van der Waals surface area contributed by atoms with Crippen LogP contribution in [0.5, 0.6) is 5.75 Å². The van der Waals surface area contributed by atoms with Gasteiger partial charge in [0.25, 0.3) is 0 Å². The molecule has 3 heteroatoms. The molecule has 0 aromatic heterocycles. The third kappa shape index (κ3) is 1.47. The van der Waals surface area contributed by atoms with Gasteiger partial charge in [0, 0.05) is 5.56 Å². The molecule has 3 rings (SSSR count). The summed E-state index contributed by atoms with van der Waals surface area (Å²) in [6, 6.07) is 7.86. The maximum Gasteiger partial charge on any atom is 0.334 e. The summed E-state index contributed by atoms with van der Waals surface area (Å²) in [4.78, 5) is 12.1. The second-order valence-electron chi connectivity index (χ2n) is 5.15. The monoisotopic (exact) mass is 256 g/mol. The van der Waals surface area contributed by atoms with E-state index in [2.05, 4.69) is 0 Å². The first kappa shape index (κ1) is 12.0. The van der Waals surface area contributed by atoms with E-state index in [4.69, 9.17) is 9.47 Å². The molecule has 0 amide bonds. The quantitative estimate of drug-likeness (QED) is 0.724. The fraction of sp³-hybridized carbons (Fsp3) is 0.312. The predicted molar refractivity (Wildman–Crippen MR) is 71.8 cm³/mol. The largest absolute Gasteiger partial charge is 0.466 e. The zero-order valence-corrected chi connectivity index (χ0v) is 11.3. The van der Waals surface area contributed by atoms with Crippen LogP contribution in [0, 0.1) is 0 Å². The van der Waals surface area contributed by atoms with Gasteiger partial charge in [-0.2, -0.15) is 0 Å². The van der Waals surface area contributed by atoms with Crippen molar-refractivity contribution < 1.29 is 14.3 Å². The highest BCUT2D eigenvalue weighted by Crippen LogP contribution is 2.53. The van der Waals surface area contributed by atoms with Crippen LogP contribution in [0.15, 0.2) is 47.2 Å². The first-order chi connectivity index (χ1) is 9.09. The second-order valence-corrected chi connectivity index (χ2v) is 5.15. The van der Waals surface area contributed by atoms with Crippen molar-refractivity contribution in [1.82, 2.24) is 0 Å². The van der Waals surface area contributed by atoms with E-state index in [1.165, 1.54) is 7.11 Å². The molecule has 1 aromatic rings. The Hall–Kier alpha value is -2.03. The first-order valence-electron chi connectivity index (χ1n) is 6.35. The number of carbonyl (C=O) groups is 1. The van der Waals surface area contributed by atoms with Crippen LogP contribution in [0.4, 0.5) is 0 Å². The molecule has 0 bridgehead atoms. The number of hydrogen-bond donors (Lipinski definition) is 0. The van der Waals surface area contributed by atoms with Crippen molar-refractivity contribution in [1.29, 1.82) is 0 Å². The number of methoxy groups -OCH3 is 1. The van der Waals surface area contributed by atoms with Crippen LogP contribution in [0.1, 0.15) is 25.8 Å². The van der Waals surface area contributed by atoms with E-state index in [1.807, 2.05) is 44.2 Å². The van der Waals surface area contributed by atoms with E-state index >= 15 is 0 Å². The Balaban J connectivity index is 2.24. The van der Waals surface area contributed by atoms with Crippen LogP contribution in [-0.4, -0.2) is 13.1 Å². The lowest BCUT2D eigenvalue weighted by Gasteiger charge is -2.30. The molecule has 98 valence electrons. The minimum atomic E-state index is -0.522. The summed E-state index contributed by atoms with van der Waals surface area (Å²) in [6.07, 6.45) is 2.68. The maximum atomic E-state index is 12.1. The number of allylic oxidation sites excluding steroid dienone is 3. The molecular weight excluding hydrogens is 240 g/mol. The molecule has 1 aliphatic carbocycles. The summed E-state index contributed by atoms with van der Waals surface area (Å²) in [7, 11) is 1.42. The van der Waals surface area contributed by atoms with Gasteiger partial charge in [-0.3, -0.25) is 0 Å². The molecule has 19 heavy (non-hydrogen) atoms. The highest BCUT2D eigenvalue weighted by molar-refractivity contribution is 5.94. The Labute approximate surface area is 112 Å². The highest BCUT2D eigenvalue weighted by Gasteiger charge is 2.49. The fourth-order valence-corrected chi connectivity index (χ4v) is 3.03. The fourth-order valence-electron chi connectivity index (χ4n) is 3.03. The molecule has 0 spiro atoms. The maximum absolute atomic E-state index is 12.1. The molecule has 2 aliphatic rings. The number of rotatable bonds is 1. The molecule has 1 heterocycles. The predicted octanol–water partition coefficient (Wildman–Crippen LogP) is 3.11. The average molecular weight is 256 g/mol. The van der Waals surface area contributed by atoms with Gasteiger partial charge in [0.1, 0.15) is 11.5 Å². The highest BCUT2D eigenvalue weighted by atomic mass is 16.5. The molecule has 1 unspecified atom stereocenters. The number of ether oxygens (including phenoxy) is 2. The topological polar surface area (TPSA) is 35.5 Å². The normalized spacial score (nSPS) is 24.3. The molecule has 3 nitrogen and oxygen atoms in total. The minimum absolute atomic E-state index is 0.284. The standard InChI is InChI=1S/C16H16O3/c1-10-8-9-12(15(17)18-3)16(2)11-6-4-5-7-13(11)19-14(10)16/h4-7,9H,8H2,1-3H3. The van der Waals surface area contributed by atoms with Crippen molar-refractivity contribution in [2.75, 3.05) is 7.11 Å². The van der Waals surface area contributed by atoms with Crippen LogP contribution >= 0.6 is 0 Å². The Morgan fingerprint density at radius 1 is 1.37 bits per heavy atom. The van der Waals surface area contributed by atoms with Crippen molar-refractivity contribution in [3.8, 4) is 5.75 Å². The van der Waals surface area contributed by atoms with E-state index in [0.717, 1.165) is 29.1 Å². The van der Waals surface area contributed by atoms with Gasteiger partial charge >= 0.3 is 5.97 Å². The van der Waals surface area contributed by atoms with Crippen molar-refractivity contribution >= 4 is 5.97 Å². The first-order valence-corrected chi connectivity index (χ1v) is 6.35. The van der Waals surface area contributed by atoms with Crippen LogP contribution in [0.3, 0.4) is 0 Å². The summed E-state index contributed by atoms with van der Waals surface area (Å²) >= 11 is 0. The molecular formula is C16H16O3. The summed E-state index contributed by atoms with van der Waals surface area (Å²) in [5, 5.41) is 0. The second kappa shape index (κ2) is 3.98. The van der Waals surface area contributed by atoms with Crippen LogP contribution < -0.4 is 4.74 Å². The average Bonchev–Trinajstić information content (AvgIpc) is 2.74. The molecule has 0 N–H and O–H groups in total. The number of benzene rings is 1. The molecule has 0 radical (unpaired) electrons. The van der Waals surface area contributed by atoms with Gasteiger partial charge in [0.2, 0.25) is 0 Å². The minimum Gasteiger partial charge on any atom is -0.466 e. The summed E-state index contributed by atoms with van der Waals surface area (Å²) in [6.45, 7) is 4.07. The van der Waals surface area contributed by atoms with E-state index in [-0.39, 0.29) is 5.97 Å². The van der Waals surface area contributed by atoms with Gasteiger partial charge < -0.3 is 9.47 Å². The van der Waals surface area contributed by atoms with Crippen LogP contribution in [-0.2, 0) is 14.9 Å². The zero-order valence-electron chi connectivity index (χ0n) is 11.3. The number of carbonyl (C=O) groups excluding carboxylic acids is 1. The van der Waals surface area contributed by atoms with Crippen molar-refractivity contribution in [2.24, 2.45) is 0 Å². The molecule has 1 atom stereocenters. The summed E-state index contributed by atoms with van der Waals surface area (Å²) in [5.74, 6) is 1.42. The van der Waals surface area contributed by atoms with Gasteiger partial charge in [-0.25, -0.2) is 4.79 Å². The van der Waals surface area contributed by atoms with Gasteiger partial charge in [-0.15, -0.1) is 0 Å². The van der Waals surface area contributed by atoms with E-state index in [9.17, 15) is 4.79 Å². The van der Waals surface area contributed by atoms with Gasteiger partial charge in [-0.05, 0) is 31.9 Å². The van der Waals surface area contributed by atoms with Gasteiger partial charge in [0.05, 0.1) is 18.1 Å². The van der Waals surface area contributed by atoms with Crippen LogP contribution in [0.25, 0.3) is 0 Å². The van der Waals surface area contributed by atoms with Crippen molar-refractivity contribution in [3.05, 3.63) is 52.8 Å².